The lowest BCUT2D eigenvalue weighted by atomic mass is 10.2. The van der Waals surface area contributed by atoms with Gasteiger partial charge in [0.05, 0.1) is 12.3 Å². The largest absolute Gasteiger partial charge is 0.399 e. The van der Waals surface area contributed by atoms with Gasteiger partial charge in [0.15, 0.2) is 0 Å². The number of benzene rings is 1. The van der Waals surface area contributed by atoms with E-state index in [-0.39, 0.29) is 24.2 Å². The molecule has 2 rings (SSSR count). The van der Waals surface area contributed by atoms with Crippen molar-refractivity contribution >= 4 is 21.6 Å². The lowest BCUT2D eigenvalue weighted by molar-refractivity contribution is -0.120. The molecule has 1 fully saturated rings. The minimum Gasteiger partial charge on any atom is -0.399 e. The maximum absolute atomic E-state index is 11.8. The Bertz CT molecular complexity index is 550. The Morgan fingerprint density at radius 2 is 1.89 bits per heavy atom. The number of nitrogens with two attached hydrogens (primary N) is 1. The second kappa shape index (κ2) is 5.58. The van der Waals surface area contributed by atoms with Crippen LogP contribution in [0, 0.1) is 0 Å². The highest BCUT2D eigenvalue weighted by Crippen LogP contribution is 2.18. The second-order valence-corrected chi connectivity index (χ2v) is 6.47. The molecular formula is C12H17N3O3S. The summed E-state index contributed by atoms with van der Waals surface area (Å²) in [6, 6.07) is 6.82. The van der Waals surface area contributed by atoms with E-state index in [2.05, 4.69) is 10.0 Å². The third kappa shape index (κ3) is 4.88. The van der Waals surface area contributed by atoms with Gasteiger partial charge >= 0.3 is 0 Å². The molecule has 1 aliphatic carbocycles. The molecule has 0 unspecified atom stereocenters. The lowest BCUT2D eigenvalue weighted by Crippen LogP contribution is -2.38. The quantitative estimate of drug-likeness (QED) is 0.638. The molecule has 1 aromatic carbocycles. The molecule has 0 aromatic heterocycles. The van der Waals surface area contributed by atoms with Crippen molar-refractivity contribution < 1.29 is 13.2 Å². The third-order valence-electron chi connectivity index (χ3n) is 2.73. The number of sulfonamides is 1. The summed E-state index contributed by atoms with van der Waals surface area (Å²) >= 11 is 0. The standard InChI is InChI=1S/C12H17N3O3S/c13-10-3-1-9(2-4-10)8-19(17,18)14-7-12(16)15-11-5-6-11/h1-4,11,14H,5-8,13H2,(H,15,16). The van der Waals surface area contributed by atoms with Gasteiger partial charge in [0.2, 0.25) is 15.9 Å². The van der Waals surface area contributed by atoms with Crippen molar-refractivity contribution in [1.29, 1.82) is 0 Å². The van der Waals surface area contributed by atoms with Crippen molar-refractivity contribution in [3.05, 3.63) is 29.8 Å². The van der Waals surface area contributed by atoms with Gasteiger partial charge < -0.3 is 11.1 Å². The first-order valence-corrected chi connectivity index (χ1v) is 7.71. The molecule has 1 aromatic rings. The summed E-state index contributed by atoms with van der Waals surface area (Å²) in [6.07, 6.45) is 1.95. The lowest BCUT2D eigenvalue weighted by Gasteiger charge is -2.07. The first-order chi connectivity index (χ1) is 8.94. The van der Waals surface area contributed by atoms with E-state index in [4.69, 9.17) is 5.73 Å². The van der Waals surface area contributed by atoms with Gasteiger partial charge in [-0.05, 0) is 30.5 Å². The molecule has 1 aliphatic rings. The Labute approximate surface area is 112 Å². The second-order valence-electron chi connectivity index (χ2n) is 4.66. The number of rotatable bonds is 6. The van der Waals surface area contributed by atoms with Gasteiger partial charge in [0.25, 0.3) is 0 Å². The third-order valence-corrected chi connectivity index (χ3v) is 4.03. The zero-order valence-corrected chi connectivity index (χ0v) is 11.2. The SMILES string of the molecule is Nc1ccc(CS(=O)(=O)NCC(=O)NC2CC2)cc1. The van der Waals surface area contributed by atoms with Gasteiger partial charge in [-0.2, -0.15) is 0 Å². The van der Waals surface area contributed by atoms with Crippen LogP contribution >= 0.6 is 0 Å². The van der Waals surface area contributed by atoms with Crippen LogP contribution in [0.4, 0.5) is 5.69 Å². The van der Waals surface area contributed by atoms with Gasteiger partial charge in [-0.3, -0.25) is 4.79 Å². The van der Waals surface area contributed by atoms with Crippen molar-refractivity contribution in [2.24, 2.45) is 0 Å². The van der Waals surface area contributed by atoms with E-state index in [0.29, 0.717) is 11.3 Å². The van der Waals surface area contributed by atoms with Crippen molar-refractivity contribution in [3.63, 3.8) is 0 Å². The molecule has 1 amide bonds. The van der Waals surface area contributed by atoms with Crippen LogP contribution in [0.2, 0.25) is 0 Å². The molecular weight excluding hydrogens is 266 g/mol. The van der Waals surface area contributed by atoms with Gasteiger partial charge in [0.1, 0.15) is 0 Å². The number of nitrogen functional groups attached to an aromatic ring is 1. The predicted molar refractivity (Wildman–Crippen MR) is 72.6 cm³/mol. The van der Waals surface area contributed by atoms with E-state index in [1.165, 1.54) is 0 Å². The molecule has 0 bridgehead atoms. The average Bonchev–Trinajstić information content (AvgIpc) is 3.14. The van der Waals surface area contributed by atoms with E-state index in [9.17, 15) is 13.2 Å². The highest BCUT2D eigenvalue weighted by Gasteiger charge is 2.23. The summed E-state index contributed by atoms with van der Waals surface area (Å²) in [5.41, 5.74) is 6.73. The number of hydrogen-bond acceptors (Lipinski definition) is 4. The first kappa shape index (κ1) is 13.8. The van der Waals surface area contributed by atoms with Crippen LogP contribution in [0.1, 0.15) is 18.4 Å². The van der Waals surface area contributed by atoms with E-state index >= 15 is 0 Å². The maximum atomic E-state index is 11.8. The summed E-state index contributed by atoms with van der Waals surface area (Å²) in [5.74, 6) is -0.451. The molecule has 0 saturated heterocycles. The zero-order chi connectivity index (χ0) is 13.9. The van der Waals surface area contributed by atoms with E-state index < -0.39 is 10.0 Å². The molecule has 0 atom stereocenters. The van der Waals surface area contributed by atoms with E-state index in [1.807, 2.05) is 0 Å². The highest BCUT2D eigenvalue weighted by molar-refractivity contribution is 7.88. The number of amides is 1. The fraction of sp³-hybridized carbons (Fsp3) is 0.417. The summed E-state index contributed by atoms with van der Waals surface area (Å²) in [5, 5.41) is 2.72. The Hall–Kier alpha value is -1.60. The minimum atomic E-state index is -3.51. The molecule has 0 radical (unpaired) electrons. The van der Waals surface area contributed by atoms with Crippen molar-refractivity contribution in [2.75, 3.05) is 12.3 Å². The van der Waals surface area contributed by atoms with Crippen LogP contribution < -0.4 is 15.8 Å². The van der Waals surface area contributed by atoms with Crippen LogP contribution in [0.3, 0.4) is 0 Å². The van der Waals surface area contributed by atoms with E-state index in [0.717, 1.165) is 12.8 Å². The average molecular weight is 283 g/mol. The molecule has 104 valence electrons. The summed E-state index contributed by atoms with van der Waals surface area (Å²) < 4.78 is 25.8. The van der Waals surface area contributed by atoms with Gasteiger partial charge in [-0.15, -0.1) is 0 Å². The Morgan fingerprint density at radius 3 is 2.47 bits per heavy atom. The van der Waals surface area contributed by atoms with Crippen LogP contribution in [-0.2, 0) is 20.6 Å². The number of nitrogens with one attached hydrogen (secondary N) is 2. The molecule has 6 nitrogen and oxygen atoms in total. The molecule has 1 saturated carbocycles. The summed E-state index contributed by atoms with van der Waals surface area (Å²) in [4.78, 5) is 11.4. The summed E-state index contributed by atoms with van der Waals surface area (Å²) in [7, 11) is -3.51. The van der Waals surface area contributed by atoms with Crippen LogP contribution in [0.5, 0.6) is 0 Å². The monoisotopic (exact) mass is 283 g/mol. The normalized spacial score (nSPS) is 15.2. The number of hydrogen-bond donors (Lipinski definition) is 3. The van der Waals surface area contributed by atoms with Gasteiger partial charge in [0, 0.05) is 11.7 Å². The molecule has 7 heteroatoms. The molecule has 19 heavy (non-hydrogen) atoms. The van der Waals surface area contributed by atoms with E-state index in [1.54, 1.807) is 24.3 Å². The smallest absolute Gasteiger partial charge is 0.235 e. The van der Waals surface area contributed by atoms with Gasteiger partial charge in [-0.25, -0.2) is 13.1 Å². The summed E-state index contributed by atoms with van der Waals surface area (Å²) in [6.45, 7) is -0.214. The number of carbonyl (C=O) groups is 1. The highest BCUT2D eigenvalue weighted by atomic mass is 32.2. The maximum Gasteiger partial charge on any atom is 0.235 e. The van der Waals surface area contributed by atoms with Crippen LogP contribution in [0.25, 0.3) is 0 Å². The van der Waals surface area contributed by atoms with Crippen LogP contribution in [0.15, 0.2) is 24.3 Å². The molecule has 4 N–H and O–H groups in total. The van der Waals surface area contributed by atoms with Gasteiger partial charge in [-0.1, -0.05) is 12.1 Å². The zero-order valence-electron chi connectivity index (χ0n) is 10.4. The fourth-order valence-corrected chi connectivity index (χ4v) is 2.65. The number of anilines is 1. The Kier molecular flexibility index (Phi) is 4.06. The predicted octanol–water partition coefficient (Wildman–Crippen LogP) is -0.0332. The topological polar surface area (TPSA) is 101 Å². The van der Waals surface area contributed by atoms with Crippen molar-refractivity contribution in [2.45, 2.75) is 24.6 Å². The first-order valence-electron chi connectivity index (χ1n) is 6.06. The Balaban J connectivity index is 1.83. The molecule has 0 spiro atoms. The number of carbonyl (C=O) groups excluding carboxylic acids is 1. The fourth-order valence-electron chi connectivity index (χ4n) is 1.57. The molecule has 0 aliphatic heterocycles. The van der Waals surface area contributed by atoms with Crippen LogP contribution in [-0.4, -0.2) is 26.9 Å². The molecule has 0 heterocycles. The van der Waals surface area contributed by atoms with Crippen molar-refractivity contribution in [3.8, 4) is 0 Å². The van der Waals surface area contributed by atoms with Crippen molar-refractivity contribution in [1.82, 2.24) is 10.0 Å². The Morgan fingerprint density at radius 1 is 1.26 bits per heavy atom. The minimum absolute atomic E-state index is 0.163.